The number of alkyl halides is 3. The Morgan fingerprint density at radius 1 is 0.659 bits per heavy atom. The largest absolute Gasteiger partial charge is 0.493 e. The number of benzene rings is 3. The van der Waals surface area contributed by atoms with Crippen LogP contribution >= 0.6 is 0 Å². The third-order valence-corrected chi connectivity index (χ3v) is 6.18. The van der Waals surface area contributed by atoms with E-state index in [0.717, 1.165) is 58.4 Å². The summed E-state index contributed by atoms with van der Waals surface area (Å²) in [7, 11) is 0. The molecule has 0 spiro atoms. The predicted octanol–water partition coefficient (Wildman–Crippen LogP) is 7.68. The molecule has 5 nitrogen and oxygen atoms in total. The minimum atomic E-state index is -4.31. The van der Waals surface area contributed by atoms with Crippen LogP contribution in [0, 0.1) is 0 Å². The smallest absolute Gasteiger partial charge is 0.392 e. The number of ether oxygens (including phenoxy) is 3. The average molecular weight is 567 g/mol. The number of hydrogen-bond donors (Lipinski definition) is 0. The summed E-state index contributed by atoms with van der Waals surface area (Å²) >= 11 is 0. The van der Waals surface area contributed by atoms with Crippen LogP contribution in [-0.2, 0) is 31.9 Å². The molecule has 0 saturated carbocycles. The van der Waals surface area contributed by atoms with Crippen molar-refractivity contribution >= 4 is 11.9 Å². The summed E-state index contributed by atoms with van der Waals surface area (Å²) in [6.45, 7) is 6.87. The van der Waals surface area contributed by atoms with E-state index >= 15 is 0 Å². The van der Waals surface area contributed by atoms with Gasteiger partial charge in [0.1, 0.15) is 5.75 Å². The summed E-state index contributed by atoms with van der Waals surface area (Å²) in [5.41, 5.74) is 5.53. The monoisotopic (exact) mass is 566 g/mol. The van der Waals surface area contributed by atoms with Gasteiger partial charge in [-0.1, -0.05) is 61.7 Å². The van der Waals surface area contributed by atoms with E-state index in [1.807, 2.05) is 54.6 Å². The zero-order chi connectivity index (χ0) is 29.7. The molecule has 41 heavy (non-hydrogen) atoms. The second-order valence-electron chi connectivity index (χ2n) is 9.30. The molecule has 0 unspecified atom stereocenters. The molecule has 3 rings (SSSR count). The predicted molar refractivity (Wildman–Crippen MR) is 152 cm³/mol. The van der Waals surface area contributed by atoms with E-state index in [1.165, 1.54) is 0 Å². The Morgan fingerprint density at radius 3 is 1.49 bits per heavy atom. The first-order valence-corrected chi connectivity index (χ1v) is 13.3. The molecule has 0 radical (unpaired) electrons. The molecule has 0 N–H and O–H groups in total. The van der Waals surface area contributed by atoms with Crippen molar-refractivity contribution in [2.75, 3.05) is 19.8 Å². The van der Waals surface area contributed by atoms with Crippen molar-refractivity contribution in [1.82, 2.24) is 0 Å². The highest BCUT2D eigenvalue weighted by molar-refractivity contribution is 5.81. The van der Waals surface area contributed by atoms with Crippen LogP contribution in [0.4, 0.5) is 13.2 Å². The Hall–Kier alpha value is -4.33. The molecule has 0 atom stereocenters. The first-order chi connectivity index (χ1) is 19.7. The van der Waals surface area contributed by atoms with E-state index < -0.39 is 31.1 Å². The Balaban J connectivity index is 1.75. The minimum absolute atomic E-state index is 0.300. The van der Waals surface area contributed by atoms with Crippen molar-refractivity contribution in [1.29, 1.82) is 0 Å². The fraction of sp³-hybridized carbons (Fsp3) is 0.273. The van der Waals surface area contributed by atoms with E-state index in [1.54, 1.807) is 12.1 Å². The molecular weight excluding hydrogens is 533 g/mol. The van der Waals surface area contributed by atoms with Gasteiger partial charge in [-0.15, -0.1) is 0 Å². The van der Waals surface area contributed by atoms with Crippen LogP contribution in [0.3, 0.4) is 0 Å². The molecule has 0 aromatic heterocycles. The molecule has 0 bridgehead atoms. The summed E-state index contributed by atoms with van der Waals surface area (Å²) < 4.78 is 53.7. The molecule has 216 valence electrons. The van der Waals surface area contributed by atoms with Gasteiger partial charge in [-0.05, 0) is 77.3 Å². The molecule has 0 aliphatic carbocycles. The molecular formula is C33H33F3O5. The first-order valence-electron chi connectivity index (χ1n) is 13.3. The van der Waals surface area contributed by atoms with Crippen molar-refractivity contribution in [3.05, 3.63) is 103 Å². The van der Waals surface area contributed by atoms with Crippen LogP contribution in [0.2, 0.25) is 0 Å². The van der Waals surface area contributed by atoms with E-state index in [0.29, 0.717) is 31.8 Å². The summed E-state index contributed by atoms with van der Waals surface area (Å²) in [5.74, 6) is -0.549. The van der Waals surface area contributed by atoms with Crippen molar-refractivity contribution in [2.24, 2.45) is 0 Å². The number of hydrogen-bond acceptors (Lipinski definition) is 5. The normalized spacial score (nSPS) is 11.0. The average Bonchev–Trinajstić information content (AvgIpc) is 2.97. The number of halogens is 3. The number of carbonyl (C=O) groups excluding carboxylic acids is 2. The second-order valence-corrected chi connectivity index (χ2v) is 9.30. The molecule has 0 heterocycles. The van der Waals surface area contributed by atoms with Gasteiger partial charge in [0.25, 0.3) is 0 Å². The van der Waals surface area contributed by atoms with E-state index in [9.17, 15) is 22.8 Å². The number of carbonyl (C=O) groups is 2. The molecule has 8 heteroatoms. The van der Waals surface area contributed by atoms with Gasteiger partial charge in [-0.2, -0.15) is 13.2 Å². The van der Waals surface area contributed by atoms with Gasteiger partial charge < -0.3 is 14.2 Å². The van der Waals surface area contributed by atoms with Gasteiger partial charge in [0.05, 0.1) is 26.2 Å². The highest BCUT2D eigenvalue weighted by Gasteiger charge is 2.26. The van der Waals surface area contributed by atoms with E-state index in [4.69, 9.17) is 14.2 Å². The Morgan fingerprint density at radius 2 is 1.10 bits per heavy atom. The maximum atomic E-state index is 12.7. The highest BCUT2D eigenvalue weighted by Crippen LogP contribution is 2.33. The summed E-state index contributed by atoms with van der Waals surface area (Å²) in [4.78, 5) is 22.3. The molecule has 0 amide bonds. The van der Waals surface area contributed by atoms with Gasteiger partial charge >= 0.3 is 18.1 Å². The zero-order valence-electron chi connectivity index (χ0n) is 22.8. The lowest BCUT2D eigenvalue weighted by molar-refractivity contribution is -0.140. The lowest BCUT2D eigenvalue weighted by atomic mass is 9.96. The lowest BCUT2D eigenvalue weighted by Crippen LogP contribution is -2.13. The van der Waals surface area contributed by atoms with Gasteiger partial charge in [0.2, 0.25) is 0 Å². The minimum Gasteiger partial charge on any atom is -0.493 e. The van der Waals surface area contributed by atoms with Crippen molar-refractivity contribution < 1.29 is 37.0 Å². The van der Waals surface area contributed by atoms with Crippen LogP contribution in [0.1, 0.15) is 30.4 Å². The van der Waals surface area contributed by atoms with Gasteiger partial charge in [0.15, 0.2) is 0 Å². The summed E-state index contributed by atoms with van der Waals surface area (Å²) in [6, 6.07) is 21.2. The quantitative estimate of drug-likeness (QED) is 0.107. The van der Waals surface area contributed by atoms with E-state index in [-0.39, 0.29) is 0 Å². The summed E-state index contributed by atoms with van der Waals surface area (Å²) in [5, 5.41) is 0. The Bertz CT molecular complexity index is 1220. The number of rotatable bonds is 15. The molecule has 0 aliphatic rings. The Kier molecular flexibility index (Phi) is 11.8. The van der Waals surface area contributed by atoms with Crippen LogP contribution in [0.25, 0.3) is 22.3 Å². The summed E-state index contributed by atoms with van der Waals surface area (Å²) in [6.07, 6.45) is -0.307. The third-order valence-electron chi connectivity index (χ3n) is 6.18. The van der Waals surface area contributed by atoms with Crippen molar-refractivity contribution in [3.8, 4) is 28.0 Å². The molecule has 3 aromatic carbocycles. The number of esters is 2. The fourth-order valence-corrected chi connectivity index (χ4v) is 4.04. The van der Waals surface area contributed by atoms with Gasteiger partial charge in [-0.25, -0.2) is 9.59 Å². The third kappa shape index (κ3) is 11.0. The zero-order valence-corrected chi connectivity index (χ0v) is 22.8. The second kappa shape index (κ2) is 15.5. The molecule has 3 aromatic rings. The first kappa shape index (κ1) is 31.2. The Labute approximate surface area is 238 Å². The van der Waals surface area contributed by atoms with Crippen LogP contribution in [0.5, 0.6) is 5.75 Å². The van der Waals surface area contributed by atoms with E-state index in [2.05, 4.69) is 13.2 Å². The van der Waals surface area contributed by atoms with Crippen LogP contribution < -0.4 is 4.74 Å². The standard InChI is InChI=1S/C33H33F3O5/c1-3-31(37)40-18-5-7-24-9-13-26(14-10-24)28-21-29(23-30(22-28)39-20-17-33(34,35)36)27-15-11-25(12-16-27)8-6-19-41-32(38)4-2/h3-4,9-16,21-23H,1-2,5-8,17-20H2. The van der Waals surface area contributed by atoms with Crippen molar-refractivity contribution in [2.45, 2.75) is 38.3 Å². The van der Waals surface area contributed by atoms with Crippen LogP contribution in [0.15, 0.2) is 92.0 Å². The van der Waals surface area contributed by atoms with Crippen LogP contribution in [-0.4, -0.2) is 37.9 Å². The SMILES string of the molecule is C=CC(=O)OCCCc1ccc(-c2cc(OCCC(F)(F)F)cc(-c3ccc(CCCOC(=O)C=C)cc3)c2)cc1. The van der Waals surface area contributed by atoms with Crippen molar-refractivity contribution in [3.63, 3.8) is 0 Å². The number of aryl methyl sites for hydroxylation is 2. The lowest BCUT2D eigenvalue weighted by Gasteiger charge is -2.14. The molecule has 0 fully saturated rings. The molecule has 0 saturated heterocycles. The maximum Gasteiger partial charge on any atom is 0.392 e. The fourth-order valence-electron chi connectivity index (χ4n) is 4.04. The maximum absolute atomic E-state index is 12.7. The molecule has 0 aliphatic heterocycles. The topological polar surface area (TPSA) is 61.8 Å². The van der Waals surface area contributed by atoms with Gasteiger partial charge in [0, 0.05) is 12.2 Å². The highest BCUT2D eigenvalue weighted by atomic mass is 19.4. The van der Waals surface area contributed by atoms with Gasteiger partial charge in [-0.3, -0.25) is 0 Å².